The lowest BCUT2D eigenvalue weighted by molar-refractivity contribution is 0.662. The van der Waals surface area contributed by atoms with Crippen molar-refractivity contribution in [2.75, 3.05) is 0 Å². The molecule has 12 heavy (non-hydrogen) atoms. The van der Waals surface area contributed by atoms with Crippen molar-refractivity contribution in [1.29, 1.82) is 0 Å². The molecule has 0 aliphatic heterocycles. The first-order chi connectivity index (χ1) is 5.86. The molecule has 2 N–H and O–H groups in total. The van der Waals surface area contributed by atoms with E-state index in [-0.39, 0.29) is 0 Å². The third-order valence-corrected chi connectivity index (χ3v) is 2.41. The highest BCUT2D eigenvalue weighted by Gasteiger charge is 1.94. The number of rotatable bonds is 4. The minimum Gasteiger partial charge on any atom is -0.330 e. The van der Waals surface area contributed by atoms with Crippen LogP contribution in [0.1, 0.15) is 11.1 Å². The standard InChI is InChI=1S/C8H10O2S2/c9-11-5-7-1-2-8(4-3-7)6-12-10/h1-4,9-10H,5-6H2. The number of hydrogen-bond acceptors (Lipinski definition) is 4. The second-order valence-corrected chi connectivity index (χ2v) is 3.46. The van der Waals surface area contributed by atoms with Crippen molar-refractivity contribution in [3.8, 4) is 0 Å². The SMILES string of the molecule is OSCc1ccc(CSO)cc1. The summed E-state index contributed by atoms with van der Waals surface area (Å²) in [5.41, 5.74) is 2.18. The average Bonchev–Trinajstić information content (AvgIpc) is 2.09. The molecular formula is C8H10O2S2. The van der Waals surface area contributed by atoms with E-state index in [1.54, 1.807) is 0 Å². The first kappa shape index (κ1) is 9.92. The maximum Gasteiger partial charge on any atom is 0.0446 e. The minimum atomic E-state index is 0.618. The van der Waals surface area contributed by atoms with Gasteiger partial charge in [-0.3, -0.25) is 0 Å². The monoisotopic (exact) mass is 202 g/mol. The van der Waals surface area contributed by atoms with E-state index in [9.17, 15) is 0 Å². The van der Waals surface area contributed by atoms with Crippen molar-refractivity contribution >= 4 is 24.1 Å². The summed E-state index contributed by atoms with van der Waals surface area (Å²) >= 11 is 1.64. The summed E-state index contributed by atoms with van der Waals surface area (Å²) in [4.78, 5) is 0. The van der Waals surface area contributed by atoms with E-state index in [2.05, 4.69) is 0 Å². The quantitative estimate of drug-likeness (QED) is 0.736. The van der Waals surface area contributed by atoms with Crippen LogP contribution in [-0.2, 0) is 11.5 Å². The van der Waals surface area contributed by atoms with Gasteiger partial charge in [-0.05, 0) is 35.2 Å². The van der Waals surface area contributed by atoms with Crippen LogP contribution in [0.4, 0.5) is 0 Å². The second kappa shape index (κ2) is 5.48. The fourth-order valence-corrected chi connectivity index (χ4v) is 1.56. The molecular weight excluding hydrogens is 192 g/mol. The number of hydrogen-bond donors (Lipinski definition) is 2. The molecule has 0 atom stereocenters. The molecule has 0 bridgehead atoms. The fraction of sp³-hybridized carbons (Fsp3) is 0.250. The zero-order chi connectivity index (χ0) is 8.81. The van der Waals surface area contributed by atoms with Crippen LogP contribution in [0.15, 0.2) is 24.3 Å². The molecule has 2 nitrogen and oxygen atoms in total. The molecule has 1 aromatic rings. The van der Waals surface area contributed by atoms with E-state index in [1.165, 1.54) is 0 Å². The highest BCUT2D eigenvalue weighted by atomic mass is 32.2. The Hall–Kier alpha value is -0.160. The molecule has 4 heteroatoms. The molecule has 0 amide bonds. The van der Waals surface area contributed by atoms with Gasteiger partial charge in [0.1, 0.15) is 0 Å². The summed E-state index contributed by atoms with van der Waals surface area (Å²) in [5, 5.41) is 0. The van der Waals surface area contributed by atoms with Gasteiger partial charge in [-0.1, -0.05) is 24.3 Å². The van der Waals surface area contributed by atoms with Crippen molar-refractivity contribution < 1.29 is 9.11 Å². The fourth-order valence-electron chi connectivity index (χ4n) is 0.881. The van der Waals surface area contributed by atoms with E-state index >= 15 is 0 Å². The van der Waals surface area contributed by atoms with Crippen LogP contribution < -0.4 is 0 Å². The molecule has 0 aromatic heterocycles. The largest absolute Gasteiger partial charge is 0.330 e. The van der Waals surface area contributed by atoms with E-state index in [4.69, 9.17) is 9.11 Å². The van der Waals surface area contributed by atoms with Gasteiger partial charge in [0.15, 0.2) is 0 Å². The highest BCUT2D eigenvalue weighted by molar-refractivity contribution is 7.93. The average molecular weight is 202 g/mol. The molecule has 0 saturated heterocycles. The van der Waals surface area contributed by atoms with E-state index in [0.717, 1.165) is 35.2 Å². The third kappa shape index (κ3) is 3.06. The molecule has 0 saturated carbocycles. The third-order valence-electron chi connectivity index (χ3n) is 1.49. The van der Waals surface area contributed by atoms with Crippen molar-refractivity contribution in [3.05, 3.63) is 35.4 Å². The Kier molecular flexibility index (Phi) is 4.53. The summed E-state index contributed by atoms with van der Waals surface area (Å²) in [6.07, 6.45) is 0. The summed E-state index contributed by atoms with van der Waals surface area (Å²) in [5.74, 6) is 1.24. The molecule has 0 fully saturated rings. The highest BCUT2D eigenvalue weighted by Crippen LogP contribution is 2.13. The smallest absolute Gasteiger partial charge is 0.0446 e. The lowest BCUT2D eigenvalue weighted by Gasteiger charge is -1.99. The van der Waals surface area contributed by atoms with Gasteiger partial charge in [0.25, 0.3) is 0 Å². The maximum absolute atomic E-state index is 8.56. The maximum atomic E-state index is 8.56. The molecule has 0 spiro atoms. The zero-order valence-electron chi connectivity index (χ0n) is 6.43. The van der Waals surface area contributed by atoms with Gasteiger partial charge in [0, 0.05) is 11.5 Å². The molecule has 66 valence electrons. The van der Waals surface area contributed by atoms with Crippen LogP contribution in [0.25, 0.3) is 0 Å². The minimum absolute atomic E-state index is 0.618. The summed E-state index contributed by atoms with van der Waals surface area (Å²) in [6.45, 7) is 0. The van der Waals surface area contributed by atoms with Gasteiger partial charge in [-0.2, -0.15) is 0 Å². The van der Waals surface area contributed by atoms with Crippen molar-refractivity contribution in [1.82, 2.24) is 0 Å². The van der Waals surface area contributed by atoms with Gasteiger partial charge in [0.05, 0.1) is 0 Å². The molecule has 0 heterocycles. The molecule has 1 aromatic carbocycles. The molecule has 0 unspecified atom stereocenters. The summed E-state index contributed by atoms with van der Waals surface area (Å²) in [6, 6.07) is 7.81. The Labute approximate surface area is 80.4 Å². The number of benzene rings is 1. The predicted molar refractivity (Wildman–Crippen MR) is 54.3 cm³/mol. The van der Waals surface area contributed by atoms with Crippen LogP contribution >= 0.6 is 24.1 Å². The van der Waals surface area contributed by atoms with Crippen LogP contribution in [0.3, 0.4) is 0 Å². The zero-order valence-corrected chi connectivity index (χ0v) is 8.07. The van der Waals surface area contributed by atoms with Crippen LogP contribution in [0.2, 0.25) is 0 Å². The Morgan fingerprint density at radius 1 is 0.833 bits per heavy atom. The van der Waals surface area contributed by atoms with E-state index in [1.807, 2.05) is 24.3 Å². The van der Waals surface area contributed by atoms with Crippen LogP contribution in [-0.4, -0.2) is 9.11 Å². The van der Waals surface area contributed by atoms with E-state index < -0.39 is 0 Å². The van der Waals surface area contributed by atoms with Crippen LogP contribution in [0.5, 0.6) is 0 Å². The van der Waals surface area contributed by atoms with Crippen molar-refractivity contribution in [2.24, 2.45) is 0 Å². The second-order valence-electron chi connectivity index (χ2n) is 2.36. The van der Waals surface area contributed by atoms with Crippen molar-refractivity contribution in [3.63, 3.8) is 0 Å². The van der Waals surface area contributed by atoms with Crippen molar-refractivity contribution in [2.45, 2.75) is 11.5 Å². The molecule has 1 rings (SSSR count). The Balaban J connectivity index is 2.58. The van der Waals surface area contributed by atoms with Gasteiger partial charge in [-0.25, -0.2) is 0 Å². The Bertz CT molecular complexity index is 198. The van der Waals surface area contributed by atoms with Crippen LogP contribution in [0, 0.1) is 0 Å². The Morgan fingerprint density at radius 3 is 1.42 bits per heavy atom. The summed E-state index contributed by atoms with van der Waals surface area (Å²) in [7, 11) is 0. The first-order valence-corrected chi connectivity index (χ1v) is 5.36. The Morgan fingerprint density at radius 2 is 1.17 bits per heavy atom. The predicted octanol–water partition coefficient (Wildman–Crippen LogP) is 3.10. The van der Waals surface area contributed by atoms with E-state index in [0.29, 0.717) is 11.5 Å². The molecule has 0 aliphatic rings. The molecule has 0 aliphatic carbocycles. The topological polar surface area (TPSA) is 40.5 Å². The lowest BCUT2D eigenvalue weighted by Crippen LogP contribution is -1.82. The lowest BCUT2D eigenvalue weighted by atomic mass is 10.2. The van der Waals surface area contributed by atoms with Gasteiger partial charge in [0.2, 0.25) is 0 Å². The van der Waals surface area contributed by atoms with Gasteiger partial charge in [-0.15, -0.1) is 0 Å². The molecule has 0 radical (unpaired) electrons. The van der Waals surface area contributed by atoms with Gasteiger partial charge >= 0.3 is 0 Å². The summed E-state index contributed by atoms with van der Waals surface area (Å²) < 4.78 is 17.1. The van der Waals surface area contributed by atoms with Gasteiger partial charge < -0.3 is 9.11 Å². The first-order valence-electron chi connectivity index (χ1n) is 3.47. The normalized spacial score (nSPS) is 10.2.